The maximum absolute atomic E-state index is 12.1. The van der Waals surface area contributed by atoms with Gasteiger partial charge in [0.2, 0.25) is 5.91 Å². The summed E-state index contributed by atoms with van der Waals surface area (Å²) < 4.78 is 10.6. The van der Waals surface area contributed by atoms with Crippen LogP contribution in [0.5, 0.6) is 11.5 Å². The molecule has 3 rings (SSSR count). The van der Waals surface area contributed by atoms with Gasteiger partial charge in [-0.05, 0) is 61.0 Å². The van der Waals surface area contributed by atoms with E-state index in [1.54, 1.807) is 48.5 Å². The molecule has 2 amide bonds. The molecular weight excluding hydrogens is 490 g/mol. The molecule has 11 heteroatoms. The summed E-state index contributed by atoms with van der Waals surface area (Å²) in [6.07, 6.45) is 0.262. The van der Waals surface area contributed by atoms with Crippen molar-refractivity contribution in [1.82, 2.24) is 0 Å². The van der Waals surface area contributed by atoms with Gasteiger partial charge in [-0.3, -0.25) is 24.5 Å². The van der Waals surface area contributed by atoms with Gasteiger partial charge < -0.3 is 20.1 Å². The van der Waals surface area contributed by atoms with Crippen molar-refractivity contribution in [3.8, 4) is 11.5 Å². The number of ether oxygens (including phenoxy) is 2. The lowest BCUT2D eigenvalue weighted by molar-refractivity contribution is -0.384. The van der Waals surface area contributed by atoms with Gasteiger partial charge in [0.25, 0.3) is 11.6 Å². The lowest BCUT2D eigenvalue weighted by Gasteiger charge is -2.09. The van der Waals surface area contributed by atoms with Crippen molar-refractivity contribution in [1.29, 1.82) is 0 Å². The number of nitrogens with zero attached hydrogens (tertiary/aromatic N) is 1. The Morgan fingerprint density at radius 3 is 2.14 bits per heavy atom. The summed E-state index contributed by atoms with van der Waals surface area (Å²) in [5.74, 6) is -0.333. The second kappa shape index (κ2) is 12.9. The Labute approximate surface area is 211 Å². The van der Waals surface area contributed by atoms with Gasteiger partial charge in [-0.15, -0.1) is 0 Å². The molecule has 0 aliphatic heterocycles. The summed E-state index contributed by atoms with van der Waals surface area (Å²) in [5, 5.41) is 16.5. The molecule has 0 fully saturated rings. The van der Waals surface area contributed by atoms with Crippen molar-refractivity contribution in [2.75, 3.05) is 17.2 Å². The Morgan fingerprint density at radius 2 is 1.47 bits per heavy atom. The monoisotopic (exact) mass is 511 g/mol. The SMILES string of the molecule is O=C(CCCC(=O)OCC(=O)Nc1cccc([N+](=O)[O-])c1)Nc1ccc(Oc2ccc(Cl)cc2)cc1. The normalized spacial score (nSPS) is 10.2. The van der Waals surface area contributed by atoms with E-state index in [0.29, 0.717) is 22.2 Å². The van der Waals surface area contributed by atoms with Crippen LogP contribution in [0.2, 0.25) is 5.02 Å². The van der Waals surface area contributed by atoms with Gasteiger partial charge in [0.05, 0.1) is 4.92 Å². The van der Waals surface area contributed by atoms with Crippen LogP contribution in [0, 0.1) is 10.1 Å². The number of halogens is 1. The zero-order chi connectivity index (χ0) is 25.9. The second-order valence-corrected chi connectivity index (χ2v) is 7.93. The van der Waals surface area contributed by atoms with Crippen LogP contribution in [0.15, 0.2) is 72.8 Å². The highest BCUT2D eigenvalue weighted by Crippen LogP contribution is 2.24. The van der Waals surface area contributed by atoms with Crippen LogP contribution in [0.4, 0.5) is 17.1 Å². The maximum Gasteiger partial charge on any atom is 0.306 e. The first-order valence-electron chi connectivity index (χ1n) is 10.8. The standard InChI is InChI=1S/C25H22ClN3O7/c26-17-7-11-21(12-8-17)36-22-13-9-18(10-14-22)27-23(30)5-2-6-25(32)35-16-24(31)28-19-3-1-4-20(15-19)29(33)34/h1,3-4,7-15H,2,5-6,16H2,(H,27,30)(H,28,31). The minimum atomic E-state index is -0.638. The lowest BCUT2D eigenvalue weighted by atomic mass is 10.2. The quantitative estimate of drug-likeness (QED) is 0.201. The fourth-order valence-corrected chi connectivity index (χ4v) is 3.10. The zero-order valence-electron chi connectivity index (χ0n) is 18.9. The van der Waals surface area contributed by atoms with E-state index in [2.05, 4.69) is 10.6 Å². The fourth-order valence-electron chi connectivity index (χ4n) is 2.97. The number of anilines is 2. The number of nitro groups is 1. The van der Waals surface area contributed by atoms with E-state index < -0.39 is 23.4 Å². The molecule has 0 radical (unpaired) electrons. The molecule has 0 saturated carbocycles. The average Bonchev–Trinajstić information content (AvgIpc) is 2.85. The number of hydrogen-bond acceptors (Lipinski definition) is 7. The van der Waals surface area contributed by atoms with Crippen LogP contribution < -0.4 is 15.4 Å². The lowest BCUT2D eigenvalue weighted by Crippen LogP contribution is -2.21. The van der Waals surface area contributed by atoms with Gasteiger partial charge in [-0.2, -0.15) is 0 Å². The first-order chi connectivity index (χ1) is 17.3. The number of benzene rings is 3. The molecule has 0 aliphatic rings. The summed E-state index contributed by atoms with van der Waals surface area (Å²) in [6.45, 7) is -0.543. The van der Waals surface area contributed by atoms with Crippen LogP contribution in [-0.2, 0) is 19.1 Å². The van der Waals surface area contributed by atoms with Crippen molar-refractivity contribution < 1.29 is 28.8 Å². The molecule has 36 heavy (non-hydrogen) atoms. The molecule has 3 aromatic carbocycles. The van der Waals surface area contributed by atoms with E-state index in [0.717, 1.165) is 0 Å². The third-order valence-electron chi connectivity index (χ3n) is 4.68. The summed E-state index contributed by atoms with van der Waals surface area (Å²) >= 11 is 5.85. The minimum Gasteiger partial charge on any atom is -0.457 e. The maximum atomic E-state index is 12.1. The van der Waals surface area contributed by atoms with Crippen LogP contribution in [0.1, 0.15) is 19.3 Å². The largest absolute Gasteiger partial charge is 0.457 e. The van der Waals surface area contributed by atoms with E-state index in [4.69, 9.17) is 21.1 Å². The summed E-state index contributed by atoms with van der Waals surface area (Å²) in [6, 6.07) is 19.1. The highest BCUT2D eigenvalue weighted by molar-refractivity contribution is 6.30. The smallest absolute Gasteiger partial charge is 0.306 e. The van der Waals surface area contributed by atoms with Crippen LogP contribution in [0.25, 0.3) is 0 Å². The summed E-state index contributed by atoms with van der Waals surface area (Å²) in [5.41, 5.74) is 0.612. The van der Waals surface area contributed by atoms with Crippen LogP contribution >= 0.6 is 11.6 Å². The van der Waals surface area contributed by atoms with Gasteiger partial charge >= 0.3 is 5.97 Å². The van der Waals surface area contributed by atoms with Gasteiger partial charge in [-0.25, -0.2) is 0 Å². The topological polar surface area (TPSA) is 137 Å². The predicted molar refractivity (Wildman–Crippen MR) is 133 cm³/mol. The molecule has 10 nitrogen and oxygen atoms in total. The Morgan fingerprint density at radius 1 is 0.833 bits per heavy atom. The van der Waals surface area contributed by atoms with E-state index in [1.165, 1.54) is 24.3 Å². The molecule has 3 aromatic rings. The number of hydrogen-bond donors (Lipinski definition) is 2. The third kappa shape index (κ3) is 8.73. The third-order valence-corrected chi connectivity index (χ3v) is 4.93. The molecule has 186 valence electrons. The summed E-state index contributed by atoms with van der Waals surface area (Å²) in [4.78, 5) is 46.0. The van der Waals surface area contributed by atoms with Gasteiger partial charge in [0, 0.05) is 41.4 Å². The molecule has 0 aromatic heterocycles. The van der Waals surface area contributed by atoms with Gasteiger partial charge in [0.15, 0.2) is 6.61 Å². The molecule has 0 aliphatic carbocycles. The Hall–Kier alpha value is -4.44. The van der Waals surface area contributed by atoms with E-state index in [-0.39, 0.29) is 36.5 Å². The van der Waals surface area contributed by atoms with Crippen molar-refractivity contribution >= 4 is 46.4 Å². The molecule has 0 saturated heterocycles. The van der Waals surface area contributed by atoms with E-state index >= 15 is 0 Å². The van der Waals surface area contributed by atoms with Gasteiger partial charge in [-0.1, -0.05) is 17.7 Å². The predicted octanol–water partition coefficient (Wildman–Crippen LogP) is 5.33. The van der Waals surface area contributed by atoms with Crippen molar-refractivity contribution in [2.45, 2.75) is 19.3 Å². The molecule has 0 spiro atoms. The molecule has 0 atom stereocenters. The highest BCUT2D eigenvalue weighted by Gasteiger charge is 2.12. The number of nitrogens with one attached hydrogen (secondary N) is 2. The summed E-state index contributed by atoms with van der Waals surface area (Å²) in [7, 11) is 0. The number of carbonyl (C=O) groups excluding carboxylic acids is 3. The van der Waals surface area contributed by atoms with Crippen LogP contribution in [0.3, 0.4) is 0 Å². The van der Waals surface area contributed by atoms with E-state index in [1.807, 2.05) is 0 Å². The number of amides is 2. The van der Waals surface area contributed by atoms with Crippen molar-refractivity contribution in [2.24, 2.45) is 0 Å². The zero-order valence-corrected chi connectivity index (χ0v) is 19.7. The number of carbonyl (C=O) groups is 3. The molecule has 0 unspecified atom stereocenters. The number of rotatable bonds is 11. The Balaban J connectivity index is 1.33. The number of esters is 1. The Bertz CT molecular complexity index is 1230. The van der Waals surface area contributed by atoms with Crippen molar-refractivity contribution in [3.05, 3.63) is 87.9 Å². The molecule has 0 heterocycles. The molecule has 2 N–H and O–H groups in total. The fraction of sp³-hybridized carbons (Fsp3) is 0.160. The highest BCUT2D eigenvalue weighted by atomic mass is 35.5. The first kappa shape index (κ1) is 26.2. The van der Waals surface area contributed by atoms with Crippen LogP contribution in [-0.4, -0.2) is 29.3 Å². The molecular formula is C25H22ClN3O7. The second-order valence-electron chi connectivity index (χ2n) is 7.50. The first-order valence-corrected chi connectivity index (χ1v) is 11.2. The average molecular weight is 512 g/mol. The van der Waals surface area contributed by atoms with E-state index in [9.17, 15) is 24.5 Å². The van der Waals surface area contributed by atoms with Crippen molar-refractivity contribution in [3.63, 3.8) is 0 Å². The van der Waals surface area contributed by atoms with Gasteiger partial charge in [0.1, 0.15) is 11.5 Å². The Kier molecular flexibility index (Phi) is 9.35. The molecule has 0 bridgehead atoms. The number of nitro benzene ring substituents is 1. The minimum absolute atomic E-state index is 0.0502. The number of non-ortho nitro benzene ring substituents is 1.